The summed E-state index contributed by atoms with van der Waals surface area (Å²) in [6.07, 6.45) is 0.219. The lowest BCUT2D eigenvalue weighted by molar-refractivity contribution is -0.141. The molecule has 0 radical (unpaired) electrons. The highest BCUT2D eigenvalue weighted by Crippen LogP contribution is 2.40. The molecule has 1 aliphatic carbocycles. The van der Waals surface area contributed by atoms with Crippen molar-refractivity contribution in [2.75, 3.05) is 27.3 Å². The molecule has 2 rings (SSSR count). The summed E-state index contributed by atoms with van der Waals surface area (Å²) in [4.78, 5) is 24.4. The van der Waals surface area contributed by atoms with E-state index < -0.39 is 11.9 Å². The predicted octanol–water partition coefficient (Wildman–Crippen LogP) is -0.421. The van der Waals surface area contributed by atoms with Crippen molar-refractivity contribution in [3.05, 3.63) is 0 Å². The zero-order chi connectivity index (χ0) is 12.6. The van der Waals surface area contributed by atoms with Crippen LogP contribution in [0.4, 0.5) is 0 Å². The summed E-state index contributed by atoms with van der Waals surface area (Å²) in [5.41, 5.74) is 0. The topological polar surface area (TPSA) is 76.1 Å². The Morgan fingerprint density at radius 3 is 2.00 bits per heavy atom. The maximum atomic E-state index is 12.0. The van der Waals surface area contributed by atoms with Gasteiger partial charge in [-0.2, -0.15) is 0 Å². The maximum absolute atomic E-state index is 12.0. The Hall–Kier alpha value is -1.14. The summed E-state index contributed by atoms with van der Waals surface area (Å²) in [5.74, 6) is -1.81. The quantitative estimate of drug-likeness (QED) is 0.725. The summed E-state index contributed by atoms with van der Waals surface area (Å²) in [6, 6.07) is 0. The van der Waals surface area contributed by atoms with Crippen LogP contribution >= 0.6 is 0 Å². The van der Waals surface area contributed by atoms with Crippen LogP contribution in [0, 0.1) is 11.8 Å². The molecule has 17 heavy (non-hydrogen) atoms. The van der Waals surface area contributed by atoms with Crippen molar-refractivity contribution in [2.24, 2.45) is 11.8 Å². The highest BCUT2D eigenvalue weighted by Gasteiger charge is 2.51. The number of carboxylic acids is 1. The Morgan fingerprint density at radius 1 is 1.12 bits per heavy atom. The first-order valence-electron chi connectivity index (χ1n) is 5.65. The van der Waals surface area contributed by atoms with E-state index in [-0.39, 0.29) is 24.0 Å². The summed E-state index contributed by atoms with van der Waals surface area (Å²) >= 11 is 0. The minimum absolute atomic E-state index is 0.0843. The molecule has 4 atom stereocenters. The molecule has 1 saturated carbocycles. The fourth-order valence-corrected chi connectivity index (χ4v) is 2.35. The van der Waals surface area contributed by atoms with Crippen molar-refractivity contribution in [1.82, 2.24) is 4.90 Å². The lowest BCUT2D eigenvalue weighted by Crippen LogP contribution is -2.32. The van der Waals surface area contributed by atoms with Gasteiger partial charge in [-0.25, -0.2) is 0 Å². The van der Waals surface area contributed by atoms with E-state index >= 15 is 0 Å². The second-order valence-corrected chi connectivity index (χ2v) is 4.58. The van der Waals surface area contributed by atoms with E-state index in [1.807, 2.05) is 0 Å². The zero-order valence-corrected chi connectivity index (χ0v) is 9.96. The first-order valence-corrected chi connectivity index (χ1v) is 5.65. The number of rotatable bonds is 4. The predicted molar refractivity (Wildman–Crippen MR) is 57.4 cm³/mol. The van der Waals surface area contributed by atoms with Crippen LogP contribution < -0.4 is 0 Å². The van der Waals surface area contributed by atoms with Gasteiger partial charge in [0.15, 0.2) is 0 Å². The van der Waals surface area contributed by atoms with E-state index in [0.29, 0.717) is 19.5 Å². The molecule has 6 heteroatoms. The van der Waals surface area contributed by atoms with Gasteiger partial charge in [0, 0.05) is 27.3 Å². The van der Waals surface area contributed by atoms with Crippen molar-refractivity contribution in [3.8, 4) is 0 Å². The molecule has 0 bridgehead atoms. The molecular weight excluding hydrogens is 226 g/mol. The molecule has 1 saturated heterocycles. The van der Waals surface area contributed by atoms with Gasteiger partial charge in [0.1, 0.15) is 12.2 Å². The van der Waals surface area contributed by atoms with Gasteiger partial charge < -0.3 is 19.5 Å². The molecule has 2 unspecified atom stereocenters. The van der Waals surface area contributed by atoms with E-state index in [2.05, 4.69) is 0 Å². The lowest BCUT2D eigenvalue weighted by atomic mass is 10.3. The van der Waals surface area contributed by atoms with Crippen LogP contribution in [0.5, 0.6) is 0 Å². The number of carbonyl (C=O) groups is 2. The molecule has 0 spiro atoms. The SMILES string of the molecule is COC1CN(C(=O)[C@@H]2C[C@@H]2C(=O)O)CC1OC. The number of aliphatic carboxylic acids is 1. The Bertz CT molecular complexity index is 320. The average molecular weight is 243 g/mol. The van der Waals surface area contributed by atoms with Crippen molar-refractivity contribution in [3.63, 3.8) is 0 Å². The molecule has 1 amide bonds. The van der Waals surface area contributed by atoms with E-state index in [1.165, 1.54) is 0 Å². The van der Waals surface area contributed by atoms with Crippen LogP contribution in [0.1, 0.15) is 6.42 Å². The first kappa shape index (κ1) is 12.3. The third kappa shape index (κ3) is 2.28. The van der Waals surface area contributed by atoms with Gasteiger partial charge in [-0.15, -0.1) is 0 Å². The van der Waals surface area contributed by atoms with E-state index in [4.69, 9.17) is 14.6 Å². The maximum Gasteiger partial charge on any atom is 0.307 e. The van der Waals surface area contributed by atoms with Gasteiger partial charge in [0.05, 0.1) is 11.8 Å². The number of amides is 1. The minimum Gasteiger partial charge on any atom is -0.481 e. The fraction of sp³-hybridized carbons (Fsp3) is 0.818. The van der Waals surface area contributed by atoms with Gasteiger partial charge >= 0.3 is 5.97 Å². The number of hydrogen-bond donors (Lipinski definition) is 1. The van der Waals surface area contributed by atoms with Crippen LogP contribution in [0.25, 0.3) is 0 Å². The largest absolute Gasteiger partial charge is 0.481 e. The Morgan fingerprint density at radius 2 is 1.65 bits per heavy atom. The number of ether oxygens (including phenoxy) is 2. The van der Waals surface area contributed by atoms with Gasteiger partial charge in [-0.3, -0.25) is 9.59 Å². The number of carbonyl (C=O) groups excluding carboxylic acids is 1. The molecule has 1 heterocycles. The van der Waals surface area contributed by atoms with Crippen molar-refractivity contribution < 1.29 is 24.2 Å². The molecule has 6 nitrogen and oxygen atoms in total. The van der Waals surface area contributed by atoms with Crippen molar-refractivity contribution in [2.45, 2.75) is 18.6 Å². The van der Waals surface area contributed by atoms with Crippen LogP contribution in [-0.2, 0) is 19.1 Å². The lowest BCUT2D eigenvalue weighted by Gasteiger charge is -2.15. The van der Waals surface area contributed by atoms with E-state index in [0.717, 1.165) is 0 Å². The van der Waals surface area contributed by atoms with Crippen LogP contribution in [0.15, 0.2) is 0 Å². The molecule has 2 aliphatic rings. The Labute approximate surface area is 99.5 Å². The zero-order valence-electron chi connectivity index (χ0n) is 9.96. The standard InChI is InChI=1S/C11H17NO5/c1-16-8-4-12(5-9(8)17-2)10(13)6-3-7(6)11(14)15/h6-9H,3-5H2,1-2H3,(H,14,15)/t6-,7+,8?,9?/m1/s1. The smallest absolute Gasteiger partial charge is 0.307 e. The van der Waals surface area contributed by atoms with Crippen molar-refractivity contribution >= 4 is 11.9 Å². The van der Waals surface area contributed by atoms with Gasteiger partial charge in [0.25, 0.3) is 0 Å². The third-order valence-corrected chi connectivity index (χ3v) is 3.56. The van der Waals surface area contributed by atoms with E-state index in [9.17, 15) is 9.59 Å². The number of likely N-dealkylation sites (tertiary alicyclic amines) is 1. The molecule has 0 aromatic carbocycles. The molecule has 96 valence electrons. The number of carboxylic acid groups (broad SMARTS) is 1. The highest BCUT2D eigenvalue weighted by atomic mass is 16.5. The molecule has 0 aromatic heterocycles. The summed E-state index contributed by atoms with van der Waals surface area (Å²) in [7, 11) is 3.17. The minimum atomic E-state index is -0.880. The molecule has 0 aromatic rings. The second-order valence-electron chi connectivity index (χ2n) is 4.58. The average Bonchev–Trinajstić information content (AvgIpc) is 3.01. The van der Waals surface area contributed by atoms with Gasteiger partial charge in [0.2, 0.25) is 5.91 Å². The van der Waals surface area contributed by atoms with E-state index in [1.54, 1.807) is 19.1 Å². The summed E-state index contributed by atoms with van der Waals surface area (Å²) < 4.78 is 10.5. The summed E-state index contributed by atoms with van der Waals surface area (Å²) in [6.45, 7) is 0.966. The molecular formula is C11H17NO5. The Kier molecular flexibility index (Phi) is 3.35. The number of methoxy groups -OCH3 is 2. The molecule has 1 aliphatic heterocycles. The first-order chi connectivity index (χ1) is 8.08. The molecule has 1 N–H and O–H groups in total. The third-order valence-electron chi connectivity index (χ3n) is 3.56. The molecule has 2 fully saturated rings. The van der Waals surface area contributed by atoms with Gasteiger partial charge in [-0.05, 0) is 6.42 Å². The Balaban J connectivity index is 1.92. The second kappa shape index (κ2) is 4.62. The van der Waals surface area contributed by atoms with Crippen LogP contribution in [0.3, 0.4) is 0 Å². The van der Waals surface area contributed by atoms with Gasteiger partial charge in [-0.1, -0.05) is 0 Å². The highest BCUT2D eigenvalue weighted by molar-refractivity contribution is 5.89. The van der Waals surface area contributed by atoms with Crippen LogP contribution in [0.2, 0.25) is 0 Å². The number of nitrogens with zero attached hydrogens (tertiary/aromatic N) is 1. The van der Waals surface area contributed by atoms with Crippen molar-refractivity contribution in [1.29, 1.82) is 0 Å². The number of hydrogen-bond acceptors (Lipinski definition) is 4. The summed E-state index contributed by atoms with van der Waals surface area (Å²) in [5, 5.41) is 8.79. The van der Waals surface area contributed by atoms with Crippen LogP contribution in [-0.4, -0.2) is 61.4 Å². The normalized spacial score (nSPS) is 36.0. The fourth-order valence-electron chi connectivity index (χ4n) is 2.35. The monoisotopic (exact) mass is 243 g/mol.